The van der Waals surface area contributed by atoms with Crippen LogP contribution in [0.4, 0.5) is 4.39 Å². The number of aliphatic hydroxyl groups is 1. The first-order valence-electron chi connectivity index (χ1n) is 6.17. The Morgan fingerprint density at radius 1 is 1.05 bits per heavy atom. The Hall–Kier alpha value is -1.74. The molecule has 1 fully saturated rings. The minimum absolute atomic E-state index is 0.474. The van der Waals surface area contributed by atoms with Crippen LogP contribution < -0.4 is 0 Å². The molecule has 0 aromatic carbocycles. The van der Waals surface area contributed by atoms with Crippen molar-refractivity contribution in [1.82, 2.24) is 0 Å². The number of aliphatic hydroxyl groups excluding tert-OH is 1. The summed E-state index contributed by atoms with van der Waals surface area (Å²) in [7, 11) is 0. The first-order valence-corrected chi connectivity index (χ1v) is 6.17. The summed E-state index contributed by atoms with van der Waals surface area (Å²) in [6.07, 6.45) is -8.07. The number of esters is 3. The van der Waals surface area contributed by atoms with Gasteiger partial charge in [0.2, 0.25) is 0 Å². The van der Waals surface area contributed by atoms with Crippen molar-refractivity contribution >= 4 is 17.9 Å². The van der Waals surface area contributed by atoms with Gasteiger partial charge in [-0.2, -0.15) is 0 Å². The van der Waals surface area contributed by atoms with Crippen LogP contribution in [0.5, 0.6) is 0 Å². The Morgan fingerprint density at radius 2 is 1.57 bits per heavy atom. The molecule has 0 bridgehead atoms. The highest BCUT2D eigenvalue weighted by Crippen LogP contribution is 2.27. The molecule has 1 unspecified atom stereocenters. The molecule has 0 saturated carbocycles. The van der Waals surface area contributed by atoms with E-state index in [2.05, 4.69) is 4.74 Å². The molecular weight excluding hydrogens is 291 g/mol. The smallest absolute Gasteiger partial charge is 0.303 e. The van der Waals surface area contributed by atoms with Gasteiger partial charge in [0.1, 0.15) is 12.7 Å². The topological polar surface area (TPSA) is 108 Å². The highest BCUT2D eigenvalue weighted by Gasteiger charge is 2.50. The second-order valence-corrected chi connectivity index (χ2v) is 4.46. The van der Waals surface area contributed by atoms with Crippen LogP contribution in [0.25, 0.3) is 0 Å². The third-order valence-corrected chi connectivity index (χ3v) is 2.64. The highest BCUT2D eigenvalue weighted by atomic mass is 19.1. The van der Waals surface area contributed by atoms with Crippen LogP contribution in [0.3, 0.4) is 0 Å². The Bertz CT molecular complexity index is 412. The minimum atomic E-state index is -1.94. The Morgan fingerprint density at radius 3 is 2.05 bits per heavy atom. The number of alkyl halides is 1. The van der Waals surface area contributed by atoms with E-state index in [-0.39, 0.29) is 0 Å². The predicted octanol–water partition coefficient (Wildman–Crippen LogP) is -0.532. The van der Waals surface area contributed by atoms with Crippen molar-refractivity contribution in [2.45, 2.75) is 51.5 Å². The van der Waals surface area contributed by atoms with Gasteiger partial charge in [0.25, 0.3) is 0 Å². The highest BCUT2D eigenvalue weighted by molar-refractivity contribution is 5.67. The largest absolute Gasteiger partial charge is 0.463 e. The molecule has 0 aromatic rings. The SMILES string of the molecule is CC(=O)OC[C@H]1OC(O)[C@H](OC(C)=O)[C@@H](OC(C)=O)[C@H]1F. The number of carbonyl (C=O) groups is 3. The molecule has 1 aliphatic heterocycles. The van der Waals surface area contributed by atoms with Gasteiger partial charge in [0.15, 0.2) is 24.7 Å². The van der Waals surface area contributed by atoms with E-state index < -0.39 is 55.3 Å². The van der Waals surface area contributed by atoms with Crippen molar-refractivity contribution in [3.05, 3.63) is 0 Å². The van der Waals surface area contributed by atoms with Crippen LogP contribution in [0.15, 0.2) is 0 Å². The molecular formula is C12H17FO8. The molecule has 21 heavy (non-hydrogen) atoms. The van der Waals surface area contributed by atoms with E-state index in [1.807, 2.05) is 0 Å². The molecule has 1 heterocycles. The minimum Gasteiger partial charge on any atom is -0.463 e. The summed E-state index contributed by atoms with van der Waals surface area (Å²) >= 11 is 0. The van der Waals surface area contributed by atoms with Crippen LogP contribution in [0.1, 0.15) is 20.8 Å². The zero-order valence-corrected chi connectivity index (χ0v) is 11.8. The second-order valence-electron chi connectivity index (χ2n) is 4.46. The zero-order chi connectivity index (χ0) is 16.2. The zero-order valence-electron chi connectivity index (χ0n) is 11.8. The molecule has 120 valence electrons. The lowest BCUT2D eigenvalue weighted by Gasteiger charge is -2.39. The number of halogens is 1. The van der Waals surface area contributed by atoms with Crippen molar-refractivity contribution in [2.24, 2.45) is 0 Å². The van der Waals surface area contributed by atoms with Gasteiger partial charge in [0, 0.05) is 20.8 Å². The summed E-state index contributed by atoms with van der Waals surface area (Å²) in [6.45, 7) is 2.74. The van der Waals surface area contributed by atoms with E-state index in [0.717, 1.165) is 20.8 Å². The number of hydrogen-bond acceptors (Lipinski definition) is 8. The van der Waals surface area contributed by atoms with Crippen LogP contribution in [0, 0.1) is 0 Å². The number of ether oxygens (including phenoxy) is 4. The summed E-state index contributed by atoms with van der Waals surface area (Å²) < 4.78 is 33.3. The summed E-state index contributed by atoms with van der Waals surface area (Å²) in [5.74, 6) is -2.28. The fraction of sp³-hybridized carbons (Fsp3) is 0.750. The maximum atomic E-state index is 14.3. The summed E-state index contributed by atoms with van der Waals surface area (Å²) in [5.41, 5.74) is 0. The van der Waals surface area contributed by atoms with E-state index in [0.29, 0.717) is 0 Å². The molecule has 1 saturated heterocycles. The van der Waals surface area contributed by atoms with Gasteiger partial charge in [-0.1, -0.05) is 0 Å². The number of rotatable bonds is 4. The van der Waals surface area contributed by atoms with Gasteiger partial charge in [-0.05, 0) is 0 Å². The normalized spacial score (nSPS) is 32.1. The summed E-state index contributed by atoms with van der Waals surface area (Å²) in [4.78, 5) is 32.7. The first kappa shape index (κ1) is 17.3. The van der Waals surface area contributed by atoms with E-state index >= 15 is 0 Å². The lowest BCUT2D eigenvalue weighted by atomic mass is 10.00. The standard InChI is InChI=1S/C12H17FO8/c1-5(14)18-4-8-9(13)10(19-6(2)15)11(12(17)21-8)20-7(3)16/h8-12,17H,4H2,1-3H3/t8-,9+,10+,11-,12?/m1/s1. The first-order chi connectivity index (χ1) is 9.72. The Kier molecular flexibility index (Phi) is 6.03. The molecule has 9 heteroatoms. The van der Waals surface area contributed by atoms with Gasteiger partial charge in [0.05, 0.1) is 0 Å². The maximum Gasteiger partial charge on any atom is 0.303 e. The van der Waals surface area contributed by atoms with E-state index in [1.54, 1.807) is 0 Å². The molecule has 0 aromatic heterocycles. The summed E-state index contributed by atoms with van der Waals surface area (Å²) in [6, 6.07) is 0. The van der Waals surface area contributed by atoms with Crippen LogP contribution in [-0.4, -0.2) is 60.4 Å². The van der Waals surface area contributed by atoms with E-state index in [9.17, 15) is 23.9 Å². The van der Waals surface area contributed by atoms with Crippen LogP contribution in [0.2, 0.25) is 0 Å². The van der Waals surface area contributed by atoms with Crippen LogP contribution >= 0.6 is 0 Å². The van der Waals surface area contributed by atoms with Gasteiger partial charge >= 0.3 is 17.9 Å². The number of carbonyl (C=O) groups excluding carboxylic acids is 3. The lowest BCUT2D eigenvalue weighted by molar-refractivity contribution is -0.283. The van der Waals surface area contributed by atoms with Gasteiger partial charge < -0.3 is 24.1 Å². The molecule has 0 spiro atoms. The predicted molar refractivity (Wildman–Crippen MR) is 63.5 cm³/mol. The average molecular weight is 308 g/mol. The second kappa shape index (κ2) is 7.32. The quantitative estimate of drug-likeness (QED) is 0.545. The van der Waals surface area contributed by atoms with Gasteiger partial charge in [-0.3, -0.25) is 14.4 Å². The summed E-state index contributed by atoms with van der Waals surface area (Å²) in [5, 5.41) is 9.76. The lowest BCUT2D eigenvalue weighted by Crippen LogP contribution is -2.59. The Balaban J connectivity index is 2.87. The van der Waals surface area contributed by atoms with Crippen molar-refractivity contribution in [3.8, 4) is 0 Å². The molecule has 5 atom stereocenters. The van der Waals surface area contributed by atoms with Gasteiger partial charge in [-0.15, -0.1) is 0 Å². The van der Waals surface area contributed by atoms with Crippen molar-refractivity contribution in [1.29, 1.82) is 0 Å². The fourth-order valence-corrected chi connectivity index (χ4v) is 1.86. The van der Waals surface area contributed by atoms with Crippen molar-refractivity contribution in [3.63, 3.8) is 0 Å². The molecule has 0 radical (unpaired) electrons. The average Bonchev–Trinajstić information content (AvgIpc) is 2.35. The molecule has 1 N–H and O–H groups in total. The monoisotopic (exact) mass is 308 g/mol. The van der Waals surface area contributed by atoms with E-state index in [4.69, 9.17) is 14.2 Å². The fourth-order valence-electron chi connectivity index (χ4n) is 1.86. The van der Waals surface area contributed by atoms with Crippen LogP contribution in [-0.2, 0) is 33.3 Å². The molecule has 0 amide bonds. The Labute approximate surface area is 120 Å². The molecule has 0 aliphatic carbocycles. The molecule has 1 rings (SSSR count). The maximum absolute atomic E-state index is 14.3. The van der Waals surface area contributed by atoms with Crippen molar-refractivity contribution in [2.75, 3.05) is 6.61 Å². The van der Waals surface area contributed by atoms with E-state index in [1.165, 1.54) is 0 Å². The van der Waals surface area contributed by atoms with Crippen molar-refractivity contribution < 1.29 is 42.8 Å². The number of hydrogen-bond donors (Lipinski definition) is 1. The molecule has 1 aliphatic rings. The molecule has 8 nitrogen and oxygen atoms in total. The third-order valence-electron chi connectivity index (χ3n) is 2.64. The van der Waals surface area contributed by atoms with Gasteiger partial charge in [-0.25, -0.2) is 4.39 Å². The third kappa shape index (κ3) is 4.94.